The van der Waals surface area contributed by atoms with Gasteiger partial charge in [-0.15, -0.1) is 12.4 Å². The molecule has 5 nitrogen and oxygen atoms in total. The summed E-state index contributed by atoms with van der Waals surface area (Å²) in [7, 11) is 0. The minimum Gasteiger partial charge on any atom is -0.508 e. The zero-order valence-electron chi connectivity index (χ0n) is 13.8. The van der Waals surface area contributed by atoms with E-state index in [1.54, 1.807) is 30.3 Å². The smallest absolute Gasteiger partial charge is 0.339 e. The molecule has 1 fully saturated rings. The van der Waals surface area contributed by atoms with Crippen LogP contribution in [0.2, 0.25) is 0 Å². The molecular formula is C19H22ClNO4. The molecule has 134 valence electrons. The first-order valence-electron chi connectivity index (χ1n) is 8.13. The highest BCUT2D eigenvalue weighted by molar-refractivity contribution is 5.91. The third-order valence-corrected chi connectivity index (χ3v) is 4.32. The van der Waals surface area contributed by atoms with Gasteiger partial charge in [-0.05, 0) is 43.5 Å². The Morgan fingerprint density at radius 3 is 2.60 bits per heavy atom. The number of para-hydroxylation sites is 2. The molecule has 1 heterocycles. The SMILES string of the molecule is Cl.O=C(O)c1cccc(CC2CCCN2)c1OCc1ccccc1O. The quantitative estimate of drug-likeness (QED) is 0.733. The lowest BCUT2D eigenvalue weighted by atomic mass is 10.0. The highest BCUT2D eigenvalue weighted by Crippen LogP contribution is 2.29. The van der Waals surface area contributed by atoms with Crippen molar-refractivity contribution in [1.29, 1.82) is 0 Å². The predicted molar refractivity (Wildman–Crippen MR) is 97.8 cm³/mol. The fourth-order valence-electron chi connectivity index (χ4n) is 3.06. The summed E-state index contributed by atoms with van der Waals surface area (Å²) in [6, 6.07) is 12.5. The molecule has 1 aliphatic heterocycles. The number of hydrogen-bond donors (Lipinski definition) is 3. The van der Waals surface area contributed by atoms with Gasteiger partial charge in [-0.3, -0.25) is 0 Å². The number of nitrogens with one attached hydrogen (secondary N) is 1. The van der Waals surface area contributed by atoms with E-state index in [-0.39, 0.29) is 30.3 Å². The molecule has 0 saturated carbocycles. The Bertz CT molecular complexity index is 729. The van der Waals surface area contributed by atoms with Gasteiger partial charge in [0.05, 0.1) is 0 Å². The third kappa shape index (κ3) is 4.65. The zero-order chi connectivity index (χ0) is 16.9. The van der Waals surface area contributed by atoms with Gasteiger partial charge in [0.1, 0.15) is 23.7 Å². The van der Waals surface area contributed by atoms with E-state index in [9.17, 15) is 15.0 Å². The number of phenols is 1. The number of carboxylic acids is 1. The molecule has 0 amide bonds. The lowest BCUT2D eigenvalue weighted by Gasteiger charge is -2.17. The third-order valence-electron chi connectivity index (χ3n) is 4.32. The van der Waals surface area contributed by atoms with Crippen LogP contribution < -0.4 is 10.1 Å². The van der Waals surface area contributed by atoms with Crippen LogP contribution in [0, 0.1) is 0 Å². The molecule has 1 aliphatic rings. The maximum absolute atomic E-state index is 11.5. The van der Waals surface area contributed by atoms with Crippen molar-refractivity contribution in [2.24, 2.45) is 0 Å². The van der Waals surface area contributed by atoms with E-state index in [4.69, 9.17) is 4.74 Å². The molecule has 0 spiro atoms. The van der Waals surface area contributed by atoms with Gasteiger partial charge in [-0.25, -0.2) is 4.79 Å². The molecular weight excluding hydrogens is 342 g/mol. The maximum atomic E-state index is 11.5. The van der Waals surface area contributed by atoms with E-state index in [2.05, 4.69) is 5.32 Å². The Balaban J connectivity index is 0.00000225. The average Bonchev–Trinajstić information content (AvgIpc) is 3.07. The van der Waals surface area contributed by atoms with E-state index in [0.717, 1.165) is 31.4 Å². The van der Waals surface area contributed by atoms with E-state index in [1.807, 2.05) is 12.1 Å². The summed E-state index contributed by atoms with van der Waals surface area (Å²) in [5.41, 5.74) is 1.66. The normalized spacial score (nSPS) is 16.2. The number of phenolic OH excluding ortho intramolecular Hbond substituents is 1. The van der Waals surface area contributed by atoms with Crippen molar-refractivity contribution in [2.45, 2.75) is 31.9 Å². The van der Waals surface area contributed by atoms with E-state index in [0.29, 0.717) is 17.4 Å². The van der Waals surface area contributed by atoms with E-state index in [1.165, 1.54) is 0 Å². The Hall–Kier alpha value is -2.24. The molecule has 2 aromatic rings. The Morgan fingerprint density at radius 2 is 1.92 bits per heavy atom. The Labute approximate surface area is 153 Å². The van der Waals surface area contributed by atoms with Gasteiger partial charge >= 0.3 is 5.97 Å². The molecule has 1 saturated heterocycles. The van der Waals surface area contributed by atoms with Gasteiger partial charge in [0.2, 0.25) is 0 Å². The number of aromatic carboxylic acids is 1. The molecule has 1 unspecified atom stereocenters. The first-order chi connectivity index (χ1) is 11.6. The van der Waals surface area contributed by atoms with Gasteiger partial charge < -0.3 is 20.3 Å². The number of ether oxygens (including phenoxy) is 1. The van der Waals surface area contributed by atoms with Crippen molar-refractivity contribution in [1.82, 2.24) is 5.32 Å². The molecule has 6 heteroatoms. The maximum Gasteiger partial charge on any atom is 0.339 e. The van der Waals surface area contributed by atoms with Crippen LogP contribution in [0.5, 0.6) is 11.5 Å². The van der Waals surface area contributed by atoms with Crippen LogP contribution in [0.15, 0.2) is 42.5 Å². The molecule has 0 aromatic heterocycles. The van der Waals surface area contributed by atoms with Crippen molar-refractivity contribution in [3.05, 3.63) is 59.2 Å². The van der Waals surface area contributed by atoms with Gasteiger partial charge in [0, 0.05) is 11.6 Å². The van der Waals surface area contributed by atoms with Crippen molar-refractivity contribution >= 4 is 18.4 Å². The van der Waals surface area contributed by atoms with Crippen LogP contribution in [0.1, 0.15) is 34.3 Å². The first kappa shape index (κ1) is 19.1. The molecule has 0 aliphatic carbocycles. The highest BCUT2D eigenvalue weighted by atomic mass is 35.5. The zero-order valence-corrected chi connectivity index (χ0v) is 14.6. The van der Waals surface area contributed by atoms with Crippen molar-refractivity contribution in [2.75, 3.05) is 6.54 Å². The lowest BCUT2D eigenvalue weighted by molar-refractivity contribution is 0.0691. The molecule has 3 rings (SSSR count). The van der Waals surface area contributed by atoms with Gasteiger partial charge in [0.15, 0.2) is 0 Å². The van der Waals surface area contributed by atoms with Crippen LogP contribution in [-0.4, -0.2) is 28.8 Å². The summed E-state index contributed by atoms with van der Waals surface area (Å²) in [5.74, 6) is -0.477. The summed E-state index contributed by atoms with van der Waals surface area (Å²) in [6.45, 7) is 1.12. The predicted octanol–water partition coefficient (Wildman–Crippen LogP) is 3.39. The van der Waals surface area contributed by atoms with Crippen molar-refractivity contribution in [3.8, 4) is 11.5 Å². The topological polar surface area (TPSA) is 78.8 Å². The highest BCUT2D eigenvalue weighted by Gasteiger charge is 2.21. The summed E-state index contributed by atoms with van der Waals surface area (Å²) in [5, 5.41) is 22.7. The van der Waals surface area contributed by atoms with Crippen LogP contribution in [-0.2, 0) is 13.0 Å². The Kier molecular flexibility index (Phi) is 6.67. The van der Waals surface area contributed by atoms with Crippen LogP contribution in [0.25, 0.3) is 0 Å². The van der Waals surface area contributed by atoms with E-state index < -0.39 is 5.97 Å². The second-order valence-electron chi connectivity index (χ2n) is 6.01. The number of hydrogen-bond acceptors (Lipinski definition) is 4. The molecule has 0 bridgehead atoms. The van der Waals surface area contributed by atoms with E-state index >= 15 is 0 Å². The van der Waals surface area contributed by atoms with Crippen LogP contribution in [0.4, 0.5) is 0 Å². The van der Waals surface area contributed by atoms with Crippen molar-refractivity contribution in [3.63, 3.8) is 0 Å². The fourth-order valence-corrected chi connectivity index (χ4v) is 3.06. The van der Waals surface area contributed by atoms with Gasteiger partial charge in [-0.2, -0.15) is 0 Å². The fraction of sp³-hybridized carbons (Fsp3) is 0.316. The molecule has 3 N–H and O–H groups in total. The number of carbonyl (C=O) groups is 1. The van der Waals surface area contributed by atoms with Gasteiger partial charge in [0.25, 0.3) is 0 Å². The summed E-state index contributed by atoms with van der Waals surface area (Å²) in [4.78, 5) is 11.5. The number of aromatic hydroxyl groups is 1. The summed E-state index contributed by atoms with van der Waals surface area (Å²) < 4.78 is 5.84. The average molecular weight is 364 g/mol. The molecule has 0 radical (unpaired) electrons. The Morgan fingerprint density at radius 1 is 1.16 bits per heavy atom. The first-order valence-corrected chi connectivity index (χ1v) is 8.13. The monoisotopic (exact) mass is 363 g/mol. The molecule has 25 heavy (non-hydrogen) atoms. The van der Waals surface area contributed by atoms with Gasteiger partial charge in [-0.1, -0.05) is 30.3 Å². The van der Waals surface area contributed by atoms with Crippen LogP contribution in [0.3, 0.4) is 0 Å². The second kappa shape index (κ2) is 8.74. The number of benzene rings is 2. The number of halogens is 1. The number of carboxylic acid groups (broad SMARTS) is 1. The standard InChI is InChI=1S/C19H21NO4.ClH/c21-17-9-2-1-5-14(17)12-24-18-13(11-15-7-4-10-20-15)6-3-8-16(18)19(22)23;/h1-3,5-6,8-9,15,20-21H,4,7,10-12H2,(H,22,23);1H. The molecule has 2 aromatic carbocycles. The van der Waals surface area contributed by atoms with Crippen molar-refractivity contribution < 1.29 is 19.7 Å². The second-order valence-corrected chi connectivity index (χ2v) is 6.01. The lowest BCUT2D eigenvalue weighted by Crippen LogP contribution is -2.24. The number of rotatable bonds is 6. The summed E-state index contributed by atoms with van der Waals surface area (Å²) in [6.07, 6.45) is 2.95. The minimum atomic E-state index is -1.01. The minimum absolute atomic E-state index is 0. The summed E-state index contributed by atoms with van der Waals surface area (Å²) >= 11 is 0. The largest absolute Gasteiger partial charge is 0.508 e. The van der Waals surface area contributed by atoms with Crippen LogP contribution >= 0.6 is 12.4 Å². The molecule has 1 atom stereocenters.